The molecule has 0 bridgehead atoms. The van der Waals surface area contributed by atoms with Crippen LogP contribution >= 0.6 is 23.1 Å². The number of sulfonamides is 1. The molecule has 2 fully saturated rings. The molecule has 2 amide bonds. The highest BCUT2D eigenvalue weighted by molar-refractivity contribution is 7.99. The number of carbonyl (C=O) groups is 2. The minimum absolute atomic E-state index is 0.0777. The topological polar surface area (TPSA) is 78.0 Å². The fourth-order valence-corrected chi connectivity index (χ4v) is 7.71. The smallest absolute Gasteiger partial charge is 0.265 e. The first kappa shape index (κ1) is 23.2. The second-order valence-electron chi connectivity index (χ2n) is 7.61. The lowest BCUT2D eigenvalue weighted by molar-refractivity contribution is -0.131. The number of halogens is 1. The van der Waals surface area contributed by atoms with E-state index in [9.17, 15) is 22.4 Å². The number of nitrogens with zero attached hydrogens (tertiary/aromatic N) is 3. The van der Waals surface area contributed by atoms with Gasteiger partial charge in [-0.05, 0) is 29.1 Å². The van der Waals surface area contributed by atoms with Gasteiger partial charge in [0.2, 0.25) is 15.9 Å². The van der Waals surface area contributed by atoms with Crippen molar-refractivity contribution >= 4 is 44.9 Å². The fraction of sp³-hybridized carbons (Fsp3) is 0.429. The molecule has 0 unspecified atom stereocenters. The van der Waals surface area contributed by atoms with E-state index in [4.69, 9.17) is 0 Å². The standard InChI is InChI=1S/C21H24FN3O4S3/c22-17-3-1-16(2-4-17)15-19(26)23-6-8-24(9-7-23)21(27)20-18(5-12-31-20)32(28,29)25-10-13-30-14-11-25/h1-5,12H,6-11,13-15H2. The van der Waals surface area contributed by atoms with Crippen LogP contribution in [-0.4, -0.2) is 85.1 Å². The molecule has 1 aromatic heterocycles. The van der Waals surface area contributed by atoms with E-state index in [0.29, 0.717) is 39.3 Å². The van der Waals surface area contributed by atoms with Crippen molar-refractivity contribution in [2.45, 2.75) is 11.3 Å². The van der Waals surface area contributed by atoms with Crippen molar-refractivity contribution < 1.29 is 22.4 Å². The fourth-order valence-electron chi connectivity index (χ4n) is 3.77. The van der Waals surface area contributed by atoms with Crippen LogP contribution in [0.5, 0.6) is 0 Å². The SMILES string of the molecule is O=C(Cc1ccc(F)cc1)N1CCN(C(=O)c2sccc2S(=O)(=O)N2CCSCC2)CC1. The molecule has 0 saturated carbocycles. The molecule has 4 rings (SSSR count). The summed E-state index contributed by atoms with van der Waals surface area (Å²) in [7, 11) is -3.70. The molecule has 7 nitrogen and oxygen atoms in total. The Bertz CT molecular complexity index is 1070. The predicted octanol–water partition coefficient (Wildman–Crippen LogP) is 2.15. The maximum absolute atomic E-state index is 13.1. The number of piperazine rings is 1. The zero-order chi connectivity index (χ0) is 22.7. The molecule has 0 aliphatic carbocycles. The molecule has 32 heavy (non-hydrogen) atoms. The monoisotopic (exact) mass is 497 g/mol. The van der Waals surface area contributed by atoms with Gasteiger partial charge in [0.25, 0.3) is 5.91 Å². The van der Waals surface area contributed by atoms with Crippen molar-refractivity contribution in [3.63, 3.8) is 0 Å². The summed E-state index contributed by atoms with van der Waals surface area (Å²) in [6.45, 7) is 2.33. The zero-order valence-corrected chi connectivity index (χ0v) is 19.9. The third kappa shape index (κ3) is 5.00. The van der Waals surface area contributed by atoms with E-state index in [1.807, 2.05) is 0 Å². The number of thiophene rings is 1. The van der Waals surface area contributed by atoms with Gasteiger partial charge < -0.3 is 9.80 Å². The van der Waals surface area contributed by atoms with Gasteiger partial charge in [0.15, 0.2) is 0 Å². The lowest BCUT2D eigenvalue weighted by atomic mass is 10.1. The van der Waals surface area contributed by atoms with Gasteiger partial charge in [0, 0.05) is 50.8 Å². The number of hydrogen-bond donors (Lipinski definition) is 0. The van der Waals surface area contributed by atoms with Crippen molar-refractivity contribution in [3.8, 4) is 0 Å². The van der Waals surface area contributed by atoms with Crippen LogP contribution in [0.25, 0.3) is 0 Å². The van der Waals surface area contributed by atoms with Gasteiger partial charge in [0.05, 0.1) is 6.42 Å². The quantitative estimate of drug-likeness (QED) is 0.633. The summed E-state index contributed by atoms with van der Waals surface area (Å²) in [4.78, 5) is 29.3. The van der Waals surface area contributed by atoms with Gasteiger partial charge in [-0.25, -0.2) is 12.8 Å². The number of thioether (sulfide) groups is 1. The molecule has 0 atom stereocenters. The molecule has 0 spiro atoms. The first-order valence-corrected chi connectivity index (χ1v) is 13.8. The molecule has 1 aromatic carbocycles. The first-order chi connectivity index (χ1) is 15.4. The van der Waals surface area contributed by atoms with E-state index < -0.39 is 10.0 Å². The molecule has 2 saturated heterocycles. The van der Waals surface area contributed by atoms with Crippen molar-refractivity contribution in [1.29, 1.82) is 0 Å². The number of hydrogen-bond acceptors (Lipinski definition) is 6. The Morgan fingerprint density at radius 2 is 1.53 bits per heavy atom. The molecule has 0 radical (unpaired) electrons. The summed E-state index contributed by atoms with van der Waals surface area (Å²) in [6.07, 6.45) is 0.176. The summed E-state index contributed by atoms with van der Waals surface area (Å²) < 4.78 is 40.6. The van der Waals surface area contributed by atoms with E-state index >= 15 is 0 Å². The van der Waals surface area contributed by atoms with Gasteiger partial charge in [-0.15, -0.1) is 11.3 Å². The number of benzene rings is 1. The molecule has 172 valence electrons. The summed E-state index contributed by atoms with van der Waals surface area (Å²) in [5.74, 6) is 0.769. The van der Waals surface area contributed by atoms with Gasteiger partial charge in [0.1, 0.15) is 15.6 Å². The largest absolute Gasteiger partial charge is 0.339 e. The van der Waals surface area contributed by atoms with E-state index in [1.165, 1.54) is 22.5 Å². The van der Waals surface area contributed by atoms with Crippen LogP contribution in [0.15, 0.2) is 40.6 Å². The Morgan fingerprint density at radius 1 is 0.906 bits per heavy atom. The molecule has 2 aromatic rings. The maximum Gasteiger partial charge on any atom is 0.265 e. The summed E-state index contributed by atoms with van der Waals surface area (Å²) in [6, 6.07) is 7.35. The molecule has 3 heterocycles. The average molecular weight is 498 g/mol. The van der Waals surface area contributed by atoms with Crippen LogP contribution < -0.4 is 0 Å². The molecule has 2 aliphatic rings. The second kappa shape index (κ2) is 9.90. The van der Waals surface area contributed by atoms with Crippen molar-refractivity contribution in [2.24, 2.45) is 0 Å². The minimum Gasteiger partial charge on any atom is -0.339 e. The lowest BCUT2D eigenvalue weighted by Crippen LogP contribution is -2.51. The van der Waals surface area contributed by atoms with Crippen LogP contribution in [-0.2, 0) is 21.2 Å². The molecular formula is C21H24FN3O4S3. The van der Waals surface area contributed by atoms with Crippen LogP contribution in [0.4, 0.5) is 4.39 Å². The molecule has 2 aliphatic heterocycles. The van der Waals surface area contributed by atoms with Crippen LogP contribution in [0.3, 0.4) is 0 Å². The Kier molecular flexibility index (Phi) is 7.18. The normalized spacial score (nSPS) is 18.0. The van der Waals surface area contributed by atoms with Crippen LogP contribution in [0.1, 0.15) is 15.2 Å². The van der Waals surface area contributed by atoms with E-state index in [2.05, 4.69) is 0 Å². The highest BCUT2D eigenvalue weighted by Gasteiger charge is 2.33. The number of rotatable bonds is 5. The maximum atomic E-state index is 13.1. The second-order valence-corrected chi connectivity index (χ2v) is 11.7. The number of carbonyl (C=O) groups excluding carboxylic acids is 2. The Hall–Kier alpha value is -1.95. The third-order valence-electron chi connectivity index (χ3n) is 5.60. The lowest BCUT2D eigenvalue weighted by Gasteiger charge is -2.35. The Balaban J connectivity index is 1.38. The Labute approximate surface area is 195 Å². The van der Waals surface area contributed by atoms with Crippen LogP contribution in [0.2, 0.25) is 0 Å². The van der Waals surface area contributed by atoms with Gasteiger partial charge in [-0.3, -0.25) is 9.59 Å². The molecular weight excluding hydrogens is 473 g/mol. The van der Waals surface area contributed by atoms with Crippen molar-refractivity contribution in [1.82, 2.24) is 14.1 Å². The van der Waals surface area contributed by atoms with Crippen LogP contribution in [0, 0.1) is 5.82 Å². The van der Waals surface area contributed by atoms with Gasteiger partial charge in [-0.2, -0.15) is 16.1 Å². The summed E-state index contributed by atoms with van der Waals surface area (Å²) in [5, 5.41) is 1.64. The van der Waals surface area contributed by atoms with E-state index in [1.54, 1.807) is 39.1 Å². The number of amides is 2. The minimum atomic E-state index is -3.70. The van der Waals surface area contributed by atoms with E-state index in [-0.39, 0.29) is 33.8 Å². The zero-order valence-electron chi connectivity index (χ0n) is 17.4. The predicted molar refractivity (Wildman–Crippen MR) is 123 cm³/mol. The third-order valence-corrected chi connectivity index (χ3v) is 9.51. The highest BCUT2D eigenvalue weighted by atomic mass is 32.2. The first-order valence-electron chi connectivity index (χ1n) is 10.3. The molecule has 0 N–H and O–H groups in total. The Morgan fingerprint density at radius 3 is 2.19 bits per heavy atom. The van der Waals surface area contributed by atoms with Crippen molar-refractivity contribution in [2.75, 3.05) is 50.8 Å². The average Bonchev–Trinajstić information content (AvgIpc) is 3.32. The van der Waals surface area contributed by atoms with E-state index in [0.717, 1.165) is 28.4 Å². The molecule has 11 heteroatoms. The van der Waals surface area contributed by atoms with Gasteiger partial charge >= 0.3 is 0 Å². The highest BCUT2D eigenvalue weighted by Crippen LogP contribution is 2.28. The summed E-state index contributed by atoms with van der Waals surface area (Å²) >= 11 is 2.86. The van der Waals surface area contributed by atoms with Gasteiger partial charge in [-0.1, -0.05) is 12.1 Å². The summed E-state index contributed by atoms with van der Waals surface area (Å²) in [5.41, 5.74) is 0.736. The van der Waals surface area contributed by atoms with Crippen molar-refractivity contribution in [3.05, 3.63) is 52.0 Å².